The van der Waals surface area contributed by atoms with Gasteiger partial charge in [-0.15, -0.1) is 11.3 Å². The Kier molecular flexibility index (Phi) is 5.73. The van der Waals surface area contributed by atoms with Crippen molar-refractivity contribution in [1.29, 1.82) is 0 Å². The summed E-state index contributed by atoms with van der Waals surface area (Å²) in [5, 5.41) is 7.10. The van der Waals surface area contributed by atoms with Gasteiger partial charge < -0.3 is 9.84 Å². The van der Waals surface area contributed by atoms with Crippen LogP contribution in [0.5, 0.6) is 0 Å². The van der Waals surface area contributed by atoms with E-state index in [-0.39, 0.29) is 5.91 Å². The van der Waals surface area contributed by atoms with Crippen LogP contribution < -0.4 is 5.32 Å². The monoisotopic (exact) mass is 411 g/mol. The normalized spacial score (nSPS) is 18.7. The molecule has 2 aromatic rings. The van der Waals surface area contributed by atoms with Crippen LogP contribution in [0.4, 0.5) is 0 Å². The van der Waals surface area contributed by atoms with Crippen LogP contribution >= 0.6 is 27.3 Å². The molecule has 7 heteroatoms. The van der Waals surface area contributed by atoms with E-state index in [0.717, 1.165) is 21.8 Å². The molecule has 1 amide bonds. The topological polar surface area (TPSA) is 58.4 Å². The minimum atomic E-state index is -0.113. The molecule has 1 N–H and O–H groups in total. The highest BCUT2D eigenvalue weighted by atomic mass is 79.9. The van der Waals surface area contributed by atoms with E-state index in [1.807, 2.05) is 12.1 Å². The molecule has 0 saturated carbocycles. The fourth-order valence-corrected chi connectivity index (χ4v) is 4.51. The number of piperidine rings is 1. The van der Waals surface area contributed by atoms with Crippen LogP contribution in [-0.2, 0) is 0 Å². The van der Waals surface area contributed by atoms with Crippen molar-refractivity contribution in [2.45, 2.75) is 39.2 Å². The number of likely N-dealkylation sites (tertiary alicyclic amines) is 1. The van der Waals surface area contributed by atoms with Gasteiger partial charge in [-0.2, -0.15) is 0 Å². The molecule has 2 aromatic heterocycles. The Balaban J connectivity index is 1.64. The molecule has 5 nitrogen and oxygen atoms in total. The SMILES string of the molecule is Cc1onc(-c2ccc(Br)s2)c1C(=O)NCCN1CCCCC1C. The van der Waals surface area contributed by atoms with Gasteiger partial charge in [0.15, 0.2) is 0 Å². The van der Waals surface area contributed by atoms with Gasteiger partial charge >= 0.3 is 0 Å². The zero-order valence-corrected chi connectivity index (χ0v) is 16.4. The molecule has 1 aliphatic rings. The third-order valence-electron chi connectivity index (χ3n) is 4.52. The van der Waals surface area contributed by atoms with Crippen LogP contribution in [0.2, 0.25) is 0 Å². The quantitative estimate of drug-likeness (QED) is 0.804. The minimum absolute atomic E-state index is 0.113. The number of thiophene rings is 1. The lowest BCUT2D eigenvalue weighted by Gasteiger charge is -2.33. The molecule has 0 bridgehead atoms. The maximum atomic E-state index is 12.6. The van der Waals surface area contributed by atoms with Gasteiger partial charge in [-0.05, 0) is 61.3 Å². The molecule has 1 aliphatic heterocycles. The Hall–Kier alpha value is -1.18. The molecule has 1 fully saturated rings. The van der Waals surface area contributed by atoms with Gasteiger partial charge in [-0.3, -0.25) is 9.69 Å². The van der Waals surface area contributed by atoms with E-state index in [9.17, 15) is 4.79 Å². The smallest absolute Gasteiger partial charge is 0.257 e. The van der Waals surface area contributed by atoms with Crippen molar-refractivity contribution in [2.75, 3.05) is 19.6 Å². The van der Waals surface area contributed by atoms with E-state index in [4.69, 9.17) is 4.52 Å². The molecule has 3 heterocycles. The van der Waals surface area contributed by atoms with Crippen molar-refractivity contribution >= 4 is 33.2 Å². The van der Waals surface area contributed by atoms with Gasteiger partial charge in [0, 0.05) is 19.1 Å². The zero-order valence-electron chi connectivity index (χ0n) is 14.0. The Morgan fingerprint density at radius 2 is 2.33 bits per heavy atom. The van der Waals surface area contributed by atoms with Crippen LogP contribution in [0.25, 0.3) is 10.6 Å². The zero-order chi connectivity index (χ0) is 17.1. The standard InChI is InChI=1S/C17H22BrN3O2S/c1-11-5-3-4-9-21(11)10-8-19-17(22)15-12(2)23-20-16(15)13-6-7-14(18)24-13/h6-7,11H,3-5,8-10H2,1-2H3,(H,19,22). The molecule has 24 heavy (non-hydrogen) atoms. The van der Waals surface area contributed by atoms with Gasteiger partial charge in [0.05, 0.1) is 8.66 Å². The molecule has 1 unspecified atom stereocenters. The average Bonchev–Trinajstić information content (AvgIpc) is 3.15. The van der Waals surface area contributed by atoms with E-state index in [1.54, 1.807) is 6.92 Å². The fourth-order valence-electron chi connectivity index (χ4n) is 3.14. The van der Waals surface area contributed by atoms with Crippen molar-refractivity contribution in [2.24, 2.45) is 0 Å². The Morgan fingerprint density at radius 1 is 1.50 bits per heavy atom. The summed E-state index contributed by atoms with van der Waals surface area (Å²) in [4.78, 5) is 16.0. The van der Waals surface area contributed by atoms with Crippen LogP contribution in [0.1, 0.15) is 42.3 Å². The fraction of sp³-hybridized carbons (Fsp3) is 0.529. The summed E-state index contributed by atoms with van der Waals surface area (Å²) in [5.74, 6) is 0.441. The first kappa shape index (κ1) is 17.6. The third kappa shape index (κ3) is 3.90. The Bertz CT molecular complexity index is 713. The number of carbonyl (C=O) groups excluding carboxylic acids is 1. The van der Waals surface area contributed by atoms with Gasteiger partial charge in [-0.25, -0.2) is 0 Å². The molecule has 130 valence electrons. The molecule has 0 spiro atoms. The van der Waals surface area contributed by atoms with Crippen molar-refractivity contribution in [3.63, 3.8) is 0 Å². The number of hydrogen-bond acceptors (Lipinski definition) is 5. The predicted molar refractivity (Wildman–Crippen MR) is 99.5 cm³/mol. The van der Waals surface area contributed by atoms with Crippen LogP contribution in [0.15, 0.2) is 20.4 Å². The third-order valence-corrected chi connectivity index (χ3v) is 6.15. The highest BCUT2D eigenvalue weighted by molar-refractivity contribution is 9.11. The average molecular weight is 412 g/mol. The van der Waals surface area contributed by atoms with E-state index in [2.05, 4.69) is 38.2 Å². The van der Waals surface area contributed by atoms with E-state index < -0.39 is 0 Å². The lowest BCUT2D eigenvalue weighted by Crippen LogP contribution is -2.42. The number of rotatable bonds is 5. The van der Waals surface area contributed by atoms with E-state index >= 15 is 0 Å². The van der Waals surface area contributed by atoms with Crippen molar-refractivity contribution in [3.8, 4) is 10.6 Å². The summed E-state index contributed by atoms with van der Waals surface area (Å²) in [7, 11) is 0. The molecule has 0 aromatic carbocycles. The number of hydrogen-bond donors (Lipinski definition) is 1. The molecular formula is C17H22BrN3O2S. The highest BCUT2D eigenvalue weighted by Crippen LogP contribution is 2.33. The summed E-state index contributed by atoms with van der Waals surface area (Å²) >= 11 is 4.98. The number of amides is 1. The maximum Gasteiger partial charge on any atom is 0.257 e. The molecular weight excluding hydrogens is 390 g/mol. The second-order valence-corrected chi connectivity index (χ2v) is 8.67. The van der Waals surface area contributed by atoms with Crippen molar-refractivity contribution in [3.05, 3.63) is 27.2 Å². The lowest BCUT2D eigenvalue weighted by atomic mass is 10.0. The van der Waals surface area contributed by atoms with Crippen molar-refractivity contribution < 1.29 is 9.32 Å². The largest absolute Gasteiger partial charge is 0.360 e. The summed E-state index contributed by atoms with van der Waals surface area (Å²) in [6.45, 7) is 6.69. The molecule has 0 aliphatic carbocycles. The highest BCUT2D eigenvalue weighted by Gasteiger charge is 2.23. The number of aromatic nitrogens is 1. The van der Waals surface area contributed by atoms with E-state index in [1.165, 1.54) is 30.6 Å². The van der Waals surface area contributed by atoms with Gasteiger partial charge in [0.1, 0.15) is 17.0 Å². The molecule has 1 saturated heterocycles. The first-order valence-corrected chi connectivity index (χ1v) is 9.91. The number of aryl methyl sites for hydroxylation is 1. The Labute approximate surface area is 154 Å². The van der Waals surface area contributed by atoms with Crippen molar-refractivity contribution in [1.82, 2.24) is 15.4 Å². The summed E-state index contributed by atoms with van der Waals surface area (Å²) < 4.78 is 6.27. The van der Waals surface area contributed by atoms with E-state index in [0.29, 0.717) is 29.6 Å². The minimum Gasteiger partial charge on any atom is -0.360 e. The number of halogens is 1. The maximum absolute atomic E-state index is 12.6. The van der Waals surface area contributed by atoms with Gasteiger partial charge in [-0.1, -0.05) is 11.6 Å². The van der Waals surface area contributed by atoms with Crippen LogP contribution in [0, 0.1) is 6.92 Å². The number of nitrogens with one attached hydrogen (secondary N) is 1. The molecule has 3 rings (SSSR count). The second-order valence-electron chi connectivity index (χ2n) is 6.20. The summed E-state index contributed by atoms with van der Waals surface area (Å²) in [5.41, 5.74) is 1.16. The first-order chi connectivity index (χ1) is 11.6. The summed E-state index contributed by atoms with van der Waals surface area (Å²) in [6.07, 6.45) is 3.81. The van der Waals surface area contributed by atoms with Gasteiger partial charge in [0.2, 0.25) is 0 Å². The number of carbonyl (C=O) groups is 1. The summed E-state index contributed by atoms with van der Waals surface area (Å²) in [6, 6.07) is 4.49. The van der Waals surface area contributed by atoms with Crippen LogP contribution in [0.3, 0.4) is 0 Å². The molecule has 1 atom stereocenters. The second kappa shape index (κ2) is 7.80. The van der Waals surface area contributed by atoms with Crippen LogP contribution in [-0.4, -0.2) is 41.6 Å². The Morgan fingerprint density at radius 3 is 3.04 bits per heavy atom. The van der Waals surface area contributed by atoms with Gasteiger partial charge in [0.25, 0.3) is 5.91 Å². The number of nitrogens with zero attached hydrogens (tertiary/aromatic N) is 2. The first-order valence-electron chi connectivity index (χ1n) is 8.30. The predicted octanol–water partition coefficient (Wildman–Crippen LogP) is 4.08. The lowest BCUT2D eigenvalue weighted by molar-refractivity contribution is 0.0937. The molecule has 0 radical (unpaired) electrons.